The summed E-state index contributed by atoms with van der Waals surface area (Å²) in [6, 6.07) is 8.24. The molecule has 41 heavy (non-hydrogen) atoms. The Bertz CT molecular complexity index is 776. The number of Topliss-reactive ketones (excluding diaryl/α,β-unsaturated/α-hetero) is 1. The van der Waals surface area contributed by atoms with Gasteiger partial charge in [0, 0.05) is 12.5 Å². The summed E-state index contributed by atoms with van der Waals surface area (Å²) in [5.74, 6) is -1.90. The molecule has 0 aliphatic rings. The van der Waals surface area contributed by atoms with Crippen LogP contribution in [-0.4, -0.2) is 137 Å². The summed E-state index contributed by atoms with van der Waals surface area (Å²) in [7, 11) is 0. The van der Waals surface area contributed by atoms with Gasteiger partial charge < -0.3 is 47.4 Å². The summed E-state index contributed by atoms with van der Waals surface area (Å²) in [5.41, 5.74) is 0.293. The number of benzene rings is 1. The van der Waals surface area contributed by atoms with Gasteiger partial charge in [0.1, 0.15) is 13.2 Å². The van der Waals surface area contributed by atoms with Crippen LogP contribution >= 0.6 is 0 Å². The minimum Gasteiger partial charge on any atom is -0.463 e. The fourth-order valence-corrected chi connectivity index (χ4v) is 2.85. The topological polar surface area (TPSA) is 144 Å². The number of carbonyl (C=O) groups excluding carboxylic acids is 3. The Hall–Kier alpha value is -2.49. The number of hydrogen-bond acceptors (Lipinski definition) is 13. The fraction of sp³-hybridized carbons (Fsp3) is 0.679. The van der Waals surface area contributed by atoms with E-state index >= 15 is 0 Å². The van der Waals surface area contributed by atoms with E-state index in [-0.39, 0.29) is 25.8 Å². The van der Waals surface area contributed by atoms with Crippen LogP contribution in [0.15, 0.2) is 30.3 Å². The molecule has 0 aromatic heterocycles. The number of hydrogen-bond donors (Lipinski definition) is 0. The van der Waals surface area contributed by atoms with Crippen molar-refractivity contribution in [3.8, 4) is 0 Å². The lowest BCUT2D eigenvalue weighted by atomic mass is 10.1. The van der Waals surface area contributed by atoms with E-state index in [0.29, 0.717) is 105 Å². The molecule has 0 amide bonds. The third-order valence-electron chi connectivity index (χ3n) is 4.82. The van der Waals surface area contributed by atoms with Crippen molar-refractivity contribution < 1.29 is 61.8 Å². The molecule has 0 aliphatic carbocycles. The first-order valence-electron chi connectivity index (χ1n) is 13.6. The molecule has 0 saturated heterocycles. The van der Waals surface area contributed by atoms with E-state index in [1.54, 1.807) is 30.3 Å². The lowest BCUT2D eigenvalue weighted by Gasteiger charge is -2.09. The average Bonchev–Trinajstić information content (AvgIpc) is 2.98. The maximum Gasteiger partial charge on any atom is 0.379 e. The van der Waals surface area contributed by atoms with E-state index in [2.05, 4.69) is 0 Å². The zero-order chi connectivity index (χ0) is 29.6. The Kier molecular flexibility index (Phi) is 24.7. The molecule has 1 rings (SSSR count). The second-order valence-electron chi connectivity index (χ2n) is 8.07. The standard InChI is InChI=1S/C28H44O13/c1-25(29)40-23-21-38-19-17-36-15-13-34-11-9-32-7-8-33-10-12-35-14-16-37-18-20-39-22-24-41-28(31)27(30)26-5-3-2-4-6-26/h2-6H,7-24H2,1H3. The molecule has 0 fully saturated rings. The number of esters is 2. The van der Waals surface area contributed by atoms with Crippen LogP contribution in [0.4, 0.5) is 0 Å². The van der Waals surface area contributed by atoms with Gasteiger partial charge in [-0.25, -0.2) is 4.79 Å². The molecule has 0 atom stereocenters. The van der Waals surface area contributed by atoms with Crippen molar-refractivity contribution in [1.29, 1.82) is 0 Å². The van der Waals surface area contributed by atoms with E-state index in [4.69, 9.17) is 47.4 Å². The van der Waals surface area contributed by atoms with Crippen LogP contribution in [0, 0.1) is 0 Å². The van der Waals surface area contributed by atoms with Crippen LogP contribution in [-0.2, 0) is 57.0 Å². The molecule has 0 radical (unpaired) electrons. The molecule has 0 unspecified atom stereocenters. The van der Waals surface area contributed by atoms with Gasteiger partial charge in [-0.3, -0.25) is 9.59 Å². The summed E-state index contributed by atoms with van der Waals surface area (Å²) in [4.78, 5) is 34.1. The summed E-state index contributed by atoms with van der Waals surface area (Å²) in [6.45, 7) is 8.30. The van der Waals surface area contributed by atoms with E-state index in [1.165, 1.54) is 6.92 Å². The molecule has 1 aromatic rings. The van der Waals surface area contributed by atoms with Crippen molar-refractivity contribution in [2.24, 2.45) is 0 Å². The largest absolute Gasteiger partial charge is 0.463 e. The molecule has 13 nitrogen and oxygen atoms in total. The lowest BCUT2D eigenvalue weighted by Crippen LogP contribution is -2.20. The number of carbonyl (C=O) groups is 3. The predicted octanol–water partition coefficient (Wildman–Crippen LogP) is 1.11. The molecule has 0 N–H and O–H groups in total. The molecule has 13 heteroatoms. The van der Waals surface area contributed by atoms with Crippen molar-refractivity contribution in [1.82, 2.24) is 0 Å². The van der Waals surface area contributed by atoms with E-state index in [9.17, 15) is 14.4 Å². The molecule has 234 valence electrons. The molecule has 0 saturated carbocycles. The van der Waals surface area contributed by atoms with Gasteiger partial charge in [0.2, 0.25) is 0 Å². The van der Waals surface area contributed by atoms with Crippen molar-refractivity contribution in [3.63, 3.8) is 0 Å². The minimum absolute atomic E-state index is 0.00487. The first-order valence-corrected chi connectivity index (χ1v) is 13.6. The van der Waals surface area contributed by atoms with Crippen LogP contribution < -0.4 is 0 Å². The molecule has 0 heterocycles. The number of ketones is 1. The van der Waals surface area contributed by atoms with Gasteiger partial charge in [-0.15, -0.1) is 0 Å². The number of ether oxygens (including phenoxy) is 10. The average molecular weight is 589 g/mol. The lowest BCUT2D eigenvalue weighted by molar-refractivity contribution is -0.142. The third-order valence-corrected chi connectivity index (χ3v) is 4.82. The summed E-state index contributed by atoms with van der Waals surface area (Å²) in [5, 5.41) is 0. The van der Waals surface area contributed by atoms with Crippen LogP contribution in [0.1, 0.15) is 17.3 Å². The second kappa shape index (κ2) is 27.7. The Morgan fingerprint density at radius 3 is 1.05 bits per heavy atom. The predicted molar refractivity (Wildman–Crippen MR) is 145 cm³/mol. The maximum atomic E-state index is 11.9. The SMILES string of the molecule is CC(=O)OCCOCCOCCOCCOCCOCCOCCOCCOCCOC(=O)C(=O)c1ccccc1. The molecule has 0 aliphatic heterocycles. The Morgan fingerprint density at radius 2 is 0.732 bits per heavy atom. The molecular weight excluding hydrogens is 544 g/mol. The summed E-state index contributed by atoms with van der Waals surface area (Å²) in [6.07, 6.45) is 0. The smallest absolute Gasteiger partial charge is 0.379 e. The fourth-order valence-electron chi connectivity index (χ4n) is 2.85. The monoisotopic (exact) mass is 588 g/mol. The van der Waals surface area contributed by atoms with Gasteiger partial charge in [-0.1, -0.05) is 30.3 Å². The van der Waals surface area contributed by atoms with Crippen LogP contribution in [0.5, 0.6) is 0 Å². The van der Waals surface area contributed by atoms with E-state index in [1.807, 2.05) is 0 Å². The first-order chi connectivity index (χ1) is 20.1. The van der Waals surface area contributed by atoms with Gasteiger partial charge in [-0.05, 0) is 0 Å². The second-order valence-corrected chi connectivity index (χ2v) is 8.07. The van der Waals surface area contributed by atoms with Gasteiger partial charge in [-0.2, -0.15) is 0 Å². The zero-order valence-corrected chi connectivity index (χ0v) is 23.9. The Labute approximate surface area is 241 Å². The zero-order valence-electron chi connectivity index (χ0n) is 23.9. The van der Waals surface area contributed by atoms with E-state index in [0.717, 1.165) is 0 Å². The molecule has 0 spiro atoms. The van der Waals surface area contributed by atoms with Gasteiger partial charge in [0.15, 0.2) is 0 Å². The highest BCUT2D eigenvalue weighted by molar-refractivity contribution is 6.40. The Morgan fingerprint density at radius 1 is 0.439 bits per heavy atom. The first kappa shape index (κ1) is 36.5. The van der Waals surface area contributed by atoms with Crippen LogP contribution in [0.25, 0.3) is 0 Å². The molecule has 0 bridgehead atoms. The van der Waals surface area contributed by atoms with Crippen LogP contribution in [0.2, 0.25) is 0 Å². The third kappa shape index (κ3) is 23.9. The summed E-state index contributed by atoms with van der Waals surface area (Å²) < 4.78 is 52.6. The molecule has 1 aromatic carbocycles. The minimum atomic E-state index is -0.900. The van der Waals surface area contributed by atoms with Gasteiger partial charge in [0.25, 0.3) is 5.78 Å². The van der Waals surface area contributed by atoms with Crippen molar-refractivity contribution in [3.05, 3.63) is 35.9 Å². The Balaban J connectivity index is 1.69. The van der Waals surface area contributed by atoms with Gasteiger partial charge in [0.05, 0.1) is 106 Å². The van der Waals surface area contributed by atoms with Crippen LogP contribution in [0.3, 0.4) is 0 Å². The van der Waals surface area contributed by atoms with Crippen molar-refractivity contribution in [2.45, 2.75) is 6.92 Å². The highest BCUT2D eigenvalue weighted by Crippen LogP contribution is 2.01. The highest BCUT2D eigenvalue weighted by atomic mass is 16.6. The van der Waals surface area contributed by atoms with E-state index < -0.39 is 11.8 Å². The highest BCUT2D eigenvalue weighted by Gasteiger charge is 2.17. The molecular formula is C28H44O13. The normalized spacial score (nSPS) is 11.0. The van der Waals surface area contributed by atoms with Crippen molar-refractivity contribution in [2.75, 3.05) is 119 Å². The van der Waals surface area contributed by atoms with Crippen molar-refractivity contribution >= 4 is 17.7 Å². The summed E-state index contributed by atoms with van der Waals surface area (Å²) >= 11 is 0. The quantitative estimate of drug-likeness (QED) is 0.0571. The maximum absolute atomic E-state index is 11.9. The number of rotatable bonds is 29. The van der Waals surface area contributed by atoms with Gasteiger partial charge >= 0.3 is 11.9 Å².